The number of rotatable bonds is 9. The van der Waals surface area contributed by atoms with Crippen LogP contribution in [0.4, 0.5) is 0 Å². The van der Waals surface area contributed by atoms with Crippen molar-refractivity contribution in [3.63, 3.8) is 0 Å². The normalized spacial score (nSPS) is 10.9. The molecule has 174 valence electrons. The van der Waals surface area contributed by atoms with Gasteiger partial charge in [0.05, 0.1) is 17.5 Å². The first-order chi connectivity index (χ1) is 16.5. The number of carbonyl (C=O) groups excluding carboxylic acids is 2. The highest BCUT2D eigenvalue weighted by atomic mass is 35.5. The van der Waals surface area contributed by atoms with Crippen LogP contribution in [0.2, 0.25) is 5.02 Å². The van der Waals surface area contributed by atoms with E-state index in [9.17, 15) is 9.59 Å². The molecule has 7 heteroatoms. The molecule has 6 nitrogen and oxygen atoms in total. The summed E-state index contributed by atoms with van der Waals surface area (Å²) in [5, 5.41) is 3.60. The number of benzene rings is 3. The van der Waals surface area contributed by atoms with Crippen molar-refractivity contribution in [1.82, 2.24) is 19.8 Å². The average Bonchev–Trinajstić information content (AvgIpc) is 3.18. The van der Waals surface area contributed by atoms with Crippen LogP contribution in [0, 0.1) is 0 Å². The van der Waals surface area contributed by atoms with Gasteiger partial charge in [0.25, 0.3) is 0 Å². The van der Waals surface area contributed by atoms with Crippen LogP contribution < -0.4 is 5.32 Å². The molecule has 3 aromatic carbocycles. The number of aromatic nitrogens is 2. The van der Waals surface area contributed by atoms with Gasteiger partial charge in [-0.05, 0) is 35.4 Å². The number of imidazole rings is 1. The van der Waals surface area contributed by atoms with Crippen LogP contribution in [-0.4, -0.2) is 39.9 Å². The summed E-state index contributed by atoms with van der Waals surface area (Å²) in [7, 11) is 1.81. The van der Waals surface area contributed by atoms with E-state index in [4.69, 9.17) is 16.6 Å². The molecule has 1 aromatic heterocycles. The van der Waals surface area contributed by atoms with Gasteiger partial charge in [-0.3, -0.25) is 9.59 Å². The second-order valence-electron chi connectivity index (χ2n) is 8.24. The SMILES string of the molecule is CN(Cc1ccccc1)C(=O)Cn1c(CCNC(=O)Cc2ccc(Cl)cc2)nc2ccccc21. The van der Waals surface area contributed by atoms with Gasteiger partial charge in [-0.1, -0.05) is 66.2 Å². The number of nitrogens with zero attached hydrogens (tertiary/aromatic N) is 3. The number of amides is 2. The third kappa shape index (κ3) is 6.02. The van der Waals surface area contributed by atoms with Crippen LogP contribution >= 0.6 is 11.6 Å². The number of fused-ring (bicyclic) bond motifs is 1. The summed E-state index contributed by atoms with van der Waals surface area (Å²) in [6, 6.07) is 24.9. The van der Waals surface area contributed by atoms with Crippen molar-refractivity contribution in [3.05, 3.63) is 101 Å². The summed E-state index contributed by atoms with van der Waals surface area (Å²) in [5.74, 6) is 0.707. The molecule has 0 fully saturated rings. The molecule has 0 bridgehead atoms. The Morgan fingerprint density at radius 2 is 1.65 bits per heavy atom. The fraction of sp³-hybridized carbons (Fsp3) is 0.222. The first-order valence-corrected chi connectivity index (χ1v) is 11.6. The van der Waals surface area contributed by atoms with Crippen molar-refractivity contribution in [2.75, 3.05) is 13.6 Å². The Labute approximate surface area is 204 Å². The number of halogens is 1. The Balaban J connectivity index is 1.41. The Morgan fingerprint density at radius 1 is 0.941 bits per heavy atom. The molecule has 1 heterocycles. The molecular formula is C27H27ClN4O2. The highest BCUT2D eigenvalue weighted by Gasteiger charge is 2.16. The number of likely N-dealkylation sites (N-methyl/N-ethyl adjacent to an activating group) is 1. The largest absolute Gasteiger partial charge is 0.355 e. The lowest BCUT2D eigenvalue weighted by Crippen LogP contribution is -2.31. The summed E-state index contributed by atoms with van der Waals surface area (Å²) in [5.41, 5.74) is 3.73. The Bertz CT molecular complexity index is 1270. The fourth-order valence-corrected chi connectivity index (χ4v) is 3.98. The Kier molecular flexibility index (Phi) is 7.60. The molecule has 4 rings (SSSR count). The molecule has 0 aliphatic heterocycles. The zero-order valence-corrected chi connectivity index (χ0v) is 19.8. The standard InChI is InChI=1S/C27H27ClN4O2/c1-31(18-21-7-3-2-4-8-21)27(34)19-32-24-10-6-5-9-23(24)30-25(32)15-16-29-26(33)17-20-11-13-22(28)14-12-20/h2-14H,15-19H2,1H3,(H,29,33). The molecule has 34 heavy (non-hydrogen) atoms. The van der Waals surface area contributed by atoms with Crippen LogP contribution in [0.15, 0.2) is 78.9 Å². The molecule has 0 atom stereocenters. The lowest BCUT2D eigenvalue weighted by atomic mass is 10.1. The summed E-state index contributed by atoms with van der Waals surface area (Å²) < 4.78 is 1.95. The molecule has 2 amide bonds. The predicted octanol–water partition coefficient (Wildman–Crippen LogP) is 4.25. The van der Waals surface area contributed by atoms with E-state index in [0.717, 1.165) is 28.0 Å². The zero-order chi connectivity index (χ0) is 23.9. The van der Waals surface area contributed by atoms with Gasteiger partial charge in [-0.25, -0.2) is 4.98 Å². The number of hydrogen-bond donors (Lipinski definition) is 1. The third-order valence-corrected chi connectivity index (χ3v) is 5.92. The van der Waals surface area contributed by atoms with E-state index in [1.54, 1.807) is 17.0 Å². The topological polar surface area (TPSA) is 67.2 Å². The molecule has 0 saturated heterocycles. The highest BCUT2D eigenvalue weighted by molar-refractivity contribution is 6.30. The van der Waals surface area contributed by atoms with E-state index >= 15 is 0 Å². The van der Waals surface area contributed by atoms with Crippen LogP contribution in [0.3, 0.4) is 0 Å². The fourth-order valence-electron chi connectivity index (χ4n) is 3.86. The van der Waals surface area contributed by atoms with Crippen LogP contribution in [0.5, 0.6) is 0 Å². The van der Waals surface area contributed by atoms with E-state index in [2.05, 4.69) is 5.32 Å². The van der Waals surface area contributed by atoms with Gasteiger partial charge in [0.2, 0.25) is 11.8 Å². The zero-order valence-electron chi connectivity index (χ0n) is 19.1. The molecular weight excluding hydrogens is 448 g/mol. The van der Waals surface area contributed by atoms with Crippen molar-refractivity contribution >= 4 is 34.4 Å². The molecule has 4 aromatic rings. The third-order valence-electron chi connectivity index (χ3n) is 5.66. The summed E-state index contributed by atoms with van der Waals surface area (Å²) in [6.45, 7) is 1.17. The highest BCUT2D eigenvalue weighted by Crippen LogP contribution is 2.17. The monoisotopic (exact) mass is 474 g/mol. The smallest absolute Gasteiger partial charge is 0.242 e. The maximum Gasteiger partial charge on any atom is 0.242 e. The van der Waals surface area contributed by atoms with Crippen LogP contribution in [0.1, 0.15) is 17.0 Å². The van der Waals surface area contributed by atoms with Gasteiger partial charge in [-0.15, -0.1) is 0 Å². The van der Waals surface area contributed by atoms with Crippen molar-refractivity contribution in [3.8, 4) is 0 Å². The Hall–Kier alpha value is -3.64. The second-order valence-corrected chi connectivity index (χ2v) is 8.68. The lowest BCUT2D eigenvalue weighted by molar-refractivity contribution is -0.131. The van der Waals surface area contributed by atoms with Crippen LogP contribution in [0.25, 0.3) is 11.0 Å². The van der Waals surface area contributed by atoms with E-state index in [-0.39, 0.29) is 24.8 Å². The van der Waals surface area contributed by atoms with Crippen molar-refractivity contribution in [1.29, 1.82) is 0 Å². The predicted molar refractivity (Wildman–Crippen MR) is 135 cm³/mol. The summed E-state index contributed by atoms with van der Waals surface area (Å²) in [6.07, 6.45) is 0.813. The Morgan fingerprint density at radius 3 is 2.41 bits per heavy atom. The quantitative estimate of drug-likeness (QED) is 0.394. The first kappa shape index (κ1) is 23.5. The minimum Gasteiger partial charge on any atom is -0.355 e. The van der Waals surface area contributed by atoms with Gasteiger partial charge in [0.15, 0.2) is 0 Å². The first-order valence-electron chi connectivity index (χ1n) is 11.2. The van der Waals surface area contributed by atoms with E-state index in [1.807, 2.05) is 78.3 Å². The minimum absolute atomic E-state index is 0.0000279. The number of carbonyl (C=O) groups is 2. The number of hydrogen-bond acceptors (Lipinski definition) is 3. The van der Waals surface area contributed by atoms with Crippen LogP contribution in [-0.2, 0) is 35.5 Å². The van der Waals surface area contributed by atoms with Gasteiger partial charge in [0, 0.05) is 31.6 Å². The van der Waals surface area contributed by atoms with Gasteiger partial charge >= 0.3 is 0 Å². The molecule has 0 radical (unpaired) electrons. The van der Waals surface area contributed by atoms with E-state index < -0.39 is 0 Å². The maximum absolute atomic E-state index is 13.0. The minimum atomic E-state index is -0.0661. The molecule has 0 saturated carbocycles. The summed E-state index contributed by atoms with van der Waals surface area (Å²) in [4.78, 5) is 31.8. The molecule has 0 aliphatic rings. The van der Waals surface area contributed by atoms with Gasteiger partial charge in [0.1, 0.15) is 12.4 Å². The van der Waals surface area contributed by atoms with E-state index in [0.29, 0.717) is 24.5 Å². The second kappa shape index (κ2) is 11.0. The molecule has 1 N–H and O–H groups in total. The average molecular weight is 475 g/mol. The van der Waals surface area contributed by atoms with Crippen molar-refractivity contribution in [2.45, 2.75) is 25.9 Å². The number of nitrogens with one attached hydrogen (secondary N) is 1. The molecule has 0 unspecified atom stereocenters. The van der Waals surface area contributed by atoms with Crippen molar-refractivity contribution in [2.24, 2.45) is 0 Å². The van der Waals surface area contributed by atoms with Gasteiger partial charge in [-0.2, -0.15) is 0 Å². The molecule has 0 aliphatic carbocycles. The lowest BCUT2D eigenvalue weighted by Gasteiger charge is -2.19. The van der Waals surface area contributed by atoms with Gasteiger partial charge < -0.3 is 14.8 Å². The number of para-hydroxylation sites is 2. The summed E-state index contributed by atoms with van der Waals surface area (Å²) >= 11 is 5.91. The maximum atomic E-state index is 13.0. The van der Waals surface area contributed by atoms with E-state index in [1.165, 1.54) is 0 Å². The molecule has 0 spiro atoms. The van der Waals surface area contributed by atoms with Crippen molar-refractivity contribution < 1.29 is 9.59 Å².